The maximum absolute atomic E-state index is 11.7. The van der Waals surface area contributed by atoms with Crippen LogP contribution in [-0.4, -0.2) is 34.1 Å². The molecule has 0 amide bonds. The average molecular weight is 382 g/mol. The Kier molecular flexibility index (Phi) is 5.49. The minimum Gasteiger partial charge on any atom is -0.497 e. The van der Waals surface area contributed by atoms with E-state index in [0.717, 1.165) is 5.69 Å². The molecule has 2 heterocycles. The lowest BCUT2D eigenvalue weighted by atomic mass is 10.2. The van der Waals surface area contributed by atoms with Crippen LogP contribution in [0.5, 0.6) is 11.5 Å². The van der Waals surface area contributed by atoms with Gasteiger partial charge in [0.15, 0.2) is 0 Å². The predicted octanol–water partition coefficient (Wildman–Crippen LogP) is 3.59. The molecule has 2 N–H and O–H groups in total. The summed E-state index contributed by atoms with van der Waals surface area (Å²) < 4.78 is 10.5. The number of pyridine rings is 1. The second kappa shape index (κ2) is 8.16. The molecule has 0 atom stereocenters. The van der Waals surface area contributed by atoms with Crippen molar-refractivity contribution in [3.63, 3.8) is 0 Å². The fourth-order valence-electron chi connectivity index (χ4n) is 2.51. The van der Waals surface area contributed by atoms with Crippen LogP contribution < -0.4 is 20.1 Å². The van der Waals surface area contributed by atoms with Crippen LogP contribution in [0.3, 0.4) is 0 Å². The molecule has 0 saturated carbocycles. The number of methoxy groups -OCH3 is 2. The molecule has 10 heteroatoms. The summed E-state index contributed by atoms with van der Waals surface area (Å²) in [5, 5.41) is 17.5. The maximum atomic E-state index is 11.7. The van der Waals surface area contributed by atoms with Crippen molar-refractivity contribution in [3.05, 3.63) is 58.5 Å². The van der Waals surface area contributed by atoms with Gasteiger partial charge in [-0.25, -0.2) is 15.0 Å². The van der Waals surface area contributed by atoms with Gasteiger partial charge in [-0.05, 0) is 31.2 Å². The van der Waals surface area contributed by atoms with Crippen molar-refractivity contribution in [2.75, 3.05) is 24.9 Å². The highest BCUT2D eigenvalue weighted by molar-refractivity contribution is 5.78. The van der Waals surface area contributed by atoms with Crippen LogP contribution in [0.1, 0.15) is 5.69 Å². The van der Waals surface area contributed by atoms with E-state index < -0.39 is 4.92 Å². The van der Waals surface area contributed by atoms with Crippen molar-refractivity contribution in [3.8, 4) is 11.5 Å². The van der Waals surface area contributed by atoms with Gasteiger partial charge in [-0.2, -0.15) is 0 Å². The molecule has 10 nitrogen and oxygen atoms in total. The van der Waals surface area contributed by atoms with E-state index in [2.05, 4.69) is 25.6 Å². The van der Waals surface area contributed by atoms with Crippen LogP contribution in [0.2, 0.25) is 0 Å². The van der Waals surface area contributed by atoms with E-state index in [4.69, 9.17) is 9.47 Å². The number of hydrogen-bond acceptors (Lipinski definition) is 9. The number of aromatic nitrogens is 3. The molecule has 3 aromatic rings. The molecular weight excluding hydrogens is 364 g/mol. The van der Waals surface area contributed by atoms with Gasteiger partial charge in [-0.15, -0.1) is 0 Å². The van der Waals surface area contributed by atoms with E-state index in [1.165, 1.54) is 20.5 Å². The Morgan fingerprint density at radius 3 is 2.43 bits per heavy atom. The molecule has 0 spiro atoms. The van der Waals surface area contributed by atoms with Gasteiger partial charge in [0.2, 0.25) is 11.6 Å². The number of hydrogen-bond donors (Lipinski definition) is 2. The van der Waals surface area contributed by atoms with Crippen molar-refractivity contribution in [2.45, 2.75) is 6.92 Å². The second-order valence-electron chi connectivity index (χ2n) is 5.66. The van der Waals surface area contributed by atoms with Crippen LogP contribution in [-0.2, 0) is 0 Å². The lowest BCUT2D eigenvalue weighted by Crippen LogP contribution is -2.07. The molecule has 0 saturated heterocycles. The van der Waals surface area contributed by atoms with Gasteiger partial charge in [0.1, 0.15) is 23.6 Å². The Morgan fingerprint density at radius 1 is 1.04 bits per heavy atom. The minimum absolute atomic E-state index is 0.00158. The molecule has 0 aliphatic rings. The van der Waals surface area contributed by atoms with Gasteiger partial charge in [0, 0.05) is 11.8 Å². The summed E-state index contributed by atoms with van der Waals surface area (Å²) in [6.45, 7) is 1.82. The number of nitrogens with one attached hydrogen (secondary N) is 2. The summed E-state index contributed by atoms with van der Waals surface area (Å²) >= 11 is 0. The van der Waals surface area contributed by atoms with Crippen molar-refractivity contribution in [2.24, 2.45) is 0 Å². The van der Waals surface area contributed by atoms with Crippen LogP contribution >= 0.6 is 0 Å². The van der Waals surface area contributed by atoms with E-state index in [1.807, 2.05) is 13.0 Å². The topological polar surface area (TPSA) is 124 Å². The lowest BCUT2D eigenvalue weighted by Gasteiger charge is -2.13. The Morgan fingerprint density at radius 2 is 1.79 bits per heavy atom. The highest BCUT2D eigenvalue weighted by Gasteiger charge is 2.24. The molecule has 28 heavy (non-hydrogen) atoms. The van der Waals surface area contributed by atoms with Crippen LogP contribution in [0.4, 0.5) is 28.8 Å². The second-order valence-corrected chi connectivity index (χ2v) is 5.66. The molecule has 144 valence electrons. The van der Waals surface area contributed by atoms with E-state index in [-0.39, 0.29) is 17.3 Å². The summed E-state index contributed by atoms with van der Waals surface area (Å²) in [4.78, 5) is 23.5. The fourth-order valence-corrected chi connectivity index (χ4v) is 2.51. The molecular formula is C18H18N6O4. The predicted molar refractivity (Wildman–Crippen MR) is 104 cm³/mol. The zero-order valence-corrected chi connectivity index (χ0v) is 15.5. The molecule has 0 fully saturated rings. The number of anilines is 4. The van der Waals surface area contributed by atoms with Gasteiger partial charge < -0.3 is 20.1 Å². The van der Waals surface area contributed by atoms with Gasteiger partial charge >= 0.3 is 5.69 Å². The zero-order chi connectivity index (χ0) is 20.1. The first-order valence-electron chi connectivity index (χ1n) is 8.21. The number of ether oxygens (including phenoxy) is 2. The Bertz CT molecular complexity index is 1010. The molecule has 1 aromatic carbocycles. The molecule has 0 aliphatic heterocycles. The third kappa shape index (κ3) is 4.06. The van der Waals surface area contributed by atoms with E-state index in [1.54, 1.807) is 30.3 Å². The van der Waals surface area contributed by atoms with Gasteiger partial charge in [0.05, 0.1) is 24.8 Å². The van der Waals surface area contributed by atoms with Crippen molar-refractivity contribution >= 4 is 28.8 Å². The third-order valence-corrected chi connectivity index (χ3v) is 3.80. The van der Waals surface area contributed by atoms with Crippen LogP contribution in [0.15, 0.2) is 42.7 Å². The molecule has 0 aliphatic carbocycles. The molecule has 3 rings (SSSR count). The first-order chi connectivity index (χ1) is 13.5. The van der Waals surface area contributed by atoms with E-state index in [9.17, 15) is 10.1 Å². The summed E-state index contributed by atoms with van der Waals surface area (Å²) in [5.41, 5.74) is 0.903. The minimum atomic E-state index is -0.562. The van der Waals surface area contributed by atoms with Crippen LogP contribution in [0.25, 0.3) is 0 Å². The first-order valence-corrected chi connectivity index (χ1v) is 8.21. The lowest BCUT2D eigenvalue weighted by molar-refractivity contribution is -0.383. The summed E-state index contributed by atoms with van der Waals surface area (Å²) in [6, 6.07) is 10.4. The van der Waals surface area contributed by atoms with Gasteiger partial charge in [-0.3, -0.25) is 10.1 Å². The average Bonchev–Trinajstić information content (AvgIpc) is 2.68. The largest absolute Gasteiger partial charge is 0.497 e. The van der Waals surface area contributed by atoms with Crippen LogP contribution in [0, 0.1) is 17.0 Å². The fraction of sp³-hybridized carbons (Fsp3) is 0.167. The number of nitro groups is 1. The van der Waals surface area contributed by atoms with Crippen molar-refractivity contribution < 1.29 is 14.4 Å². The van der Waals surface area contributed by atoms with Gasteiger partial charge in [0.25, 0.3) is 0 Å². The van der Waals surface area contributed by atoms with E-state index >= 15 is 0 Å². The van der Waals surface area contributed by atoms with Gasteiger partial charge in [-0.1, -0.05) is 6.07 Å². The number of rotatable bonds is 7. The summed E-state index contributed by atoms with van der Waals surface area (Å²) in [6.07, 6.45) is 1.22. The number of nitrogens with zero attached hydrogens (tertiary/aromatic N) is 4. The normalized spacial score (nSPS) is 10.2. The van der Waals surface area contributed by atoms with Crippen molar-refractivity contribution in [1.29, 1.82) is 0 Å². The maximum Gasteiger partial charge on any atom is 0.353 e. The molecule has 2 aromatic heterocycles. The zero-order valence-electron chi connectivity index (χ0n) is 15.5. The highest BCUT2D eigenvalue weighted by Crippen LogP contribution is 2.36. The Hall–Kier alpha value is -3.95. The highest BCUT2D eigenvalue weighted by atomic mass is 16.6. The third-order valence-electron chi connectivity index (χ3n) is 3.80. The molecule has 0 bridgehead atoms. The SMILES string of the molecule is COc1ccc(OC)c(Nc2ncnc(Nc3cccc(C)n3)c2[N+](=O)[O-])c1. The standard InChI is InChI=1S/C18H18N6O4/c1-11-5-4-6-15(21-11)23-18-16(24(25)26)17(19-10-20-18)22-13-9-12(27-2)7-8-14(13)28-3/h4-10H,1-3H3,(H2,19,20,21,22,23). The quantitative estimate of drug-likeness (QED) is 0.466. The number of benzene rings is 1. The number of aryl methyl sites for hydroxylation is 1. The monoisotopic (exact) mass is 382 g/mol. The molecule has 0 unspecified atom stereocenters. The molecule has 0 radical (unpaired) electrons. The Balaban J connectivity index is 2.01. The smallest absolute Gasteiger partial charge is 0.353 e. The van der Waals surface area contributed by atoms with E-state index in [0.29, 0.717) is 23.0 Å². The first kappa shape index (κ1) is 18.8. The summed E-state index contributed by atoms with van der Waals surface area (Å²) in [5.74, 6) is 1.49. The Labute approximate surface area is 160 Å². The summed E-state index contributed by atoms with van der Waals surface area (Å²) in [7, 11) is 3.02. The van der Waals surface area contributed by atoms with Crippen molar-refractivity contribution in [1.82, 2.24) is 15.0 Å².